The van der Waals surface area contributed by atoms with E-state index >= 15 is 0 Å². The average molecular weight is 863 g/mol. The Morgan fingerprint density at radius 3 is 1.90 bits per heavy atom. The molecule has 0 aromatic carbocycles. The van der Waals surface area contributed by atoms with Crippen LogP contribution in [0.3, 0.4) is 0 Å². The Kier molecular flexibility index (Phi) is 30.7. The van der Waals surface area contributed by atoms with Crippen LogP contribution in [0.5, 0.6) is 0 Å². The van der Waals surface area contributed by atoms with Crippen LogP contribution in [0.25, 0.3) is 0 Å². The maximum atomic E-state index is 12.7. The van der Waals surface area contributed by atoms with Crippen molar-refractivity contribution in [2.75, 3.05) is 47.5 Å². The van der Waals surface area contributed by atoms with Crippen LogP contribution in [0.1, 0.15) is 146 Å². The van der Waals surface area contributed by atoms with Gasteiger partial charge in [-0.25, -0.2) is 4.57 Å². The van der Waals surface area contributed by atoms with Gasteiger partial charge in [-0.15, -0.1) is 0 Å². The maximum absolute atomic E-state index is 12.7. The minimum Gasteiger partial charge on any atom is -0.466 e. The number of aliphatic hydroxyl groups is 1. The van der Waals surface area contributed by atoms with Gasteiger partial charge in [-0.3, -0.25) is 18.6 Å². The van der Waals surface area contributed by atoms with E-state index in [0.717, 1.165) is 75.7 Å². The van der Waals surface area contributed by atoms with Gasteiger partial charge in [0.2, 0.25) is 0 Å². The predicted octanol–water partition coefficient (Wildman–Crippen LogP) is 11.1. The fourth-order valence-electron chi connectivity index (χ4n) is 5.94. The van der Waals surface area contributed by atoms with E-state index in [0.29, 0.717) is 36.7 Å². The number of esters is 2. The first-order valence-electron chi connectivity index (χ1n) is 22.5. The average Bonchev–Trinajstić information content (AvgIpc) is 3.46. The number of hydrogen-bond acceptors (Lipinski definition) is 9. The molecule has 0 aliphatic carbocycles. The number of hydrogen-bond donors (Lipinski definition) is 2. The number of ether oxygens (including phenoxy) is 2. The van der Waals surface area contributed by atoms with Crippen molar-refractivity contribution in [2.45, 2.75) is 162 Å². The Labute approximate surface area is 363 Å². The molecule has 2 N–H and O–H groups in total. The molecule has 0 fully saturated rings. The second kappa shape index (κ2) is 33.6. The SMILES string of the molecule is CCCCCc1oc(CCCCCCCCC(=O)OC[C@H](COP(=O)(O)OCC[N+](C)(C)C)OC(=O)CCC/C=C\C/C=C\C/C=C\C/C=C\C=C\[C@H](O)CC)c(C)c1C. The third kappa shape index (κ3) is 30.1. The van der Waals surface area contributed by atoms with Gasteiger partial charge in [0, 0.05) is 25.7 Å². The molecule has 12 heteroatoms. The van der Waals surface area contributed by atoms with Gasteiger partial charge in [0.05, 0.1) is 33.9 Å². The summed E-state index contributed by atoms with van der Waals surface area (Å²) in [6.07, 6.45) is 34.9. The predicted molar refractivity (Wildman–Crippen MR) is 243 cm³/mol. The Bertz CT molecular complexity index is 1500. The summed E-state index contributed by atoms with van der Waals surface area (Å²) in [6, 6.07) is 0. The van der Waals surface area contributed by atoms with Crippen LogP contribution >= 0.6 is 7.82 Å². The Balaban J connectivity index is 2.43. The number of aliphatic hydroxyl groups excluding tert-OH is 1. The summed E-state index contributed by atoms with van der Waals surface area (Å²) in [6.45, 7) is 8.24. The van der Waals surface area contributed by atoms with Crippen molar-refractivity contribution in [1.29, 1.82) is 0 Å². The second-order valence-electron chi connectivity index (χ2n) is 16.5. The molecule has 0 saturated carbocycles. The van der Waals surface area contributed by atoms with Gasteiger partial charge in [0.15, 0.2) is 6.10 Å². The number of nitrogens with zero attached hydrogens (tertiary/aromatic N) is 1. The second-order valence-corrected chi connectivity index (χ2v) is 17.9. The first-order chi connectivity index (χ1) is 28.7. The Morgan fingerprint density at radius 1 is 0.717 bits per heavy atom. The van der Waals surface area contributed by atoms with Crippen LogP contribution in [0.15, 0.2) is 65.2 Å². The molecule has 1 heterocycles. The number of likely N-dealkylation sites (N-methyl/N-ethyl adjacent to an activating group) is 1. The molecule has 0 radical (unpaired) electrons. The molecule has 0 aliphatic heterocycles. The highest BCUT2D eigenvalue weighted by Gasteiger charge is 2.27. The zero-order valence-electron chi connectivity index (χ0n) is 38.2. The number of carbonyl (C=O) groups excluding carboxylic acids is 2. The lowest BCUT2D eigenvalue weighted by atomic mass is 10.0. The largest absolute Gasteiger partial charge is 0.472 e. The Hall–Kier alpha value is -3.05. The van der Waals surface area contributed by atoms with E-state index in [1.807, 2.05) is 58.4 Å². The molecule has 11 nitrogen and oxygen atoms in total. The standard InChI is InChI=1S/C48H80NO10P/c1-8-10-27-33-45-41(3)42(4)46(59-45)34-29-24-21-22-25-30-35-47(51)55-39-44(40-57-60(53,54)56-38-37-49(5,6)7)58-48(52)36-31-26-20-18-16-14-12-11-13-15-17-19-23-28-32-43(50)9-2/h12-15,18-20,23,28,32,43-44,50H,8-11,16-17,21-22,24-27,29-31,33-40H2,1-7H3/p+1/b14-12-,15-13-,20-18-,23-19-,32-28+/t43-,44-/m1/s1. The highest BCUT2D eigenvalue weighted by atomic mass is 31.2. The van der Waals surface area contributed by atoms with Gasteiger partial charge in [0.1, 0.15) is 31.3 Å². The molecule has 0 bridgehead atoms. The van der Waals surface area contributed by atoms with Crippen LogP contribution in [-0.2, 0) is 45.5 Å². The quantitative estimate of drug-likeness (QED) is 0.0167. The zero-order chi connectivity index (χ0) is 44.5. The normalized spacial score (nSPS) is 14.6. The van der Waals surface area contributed by atoms with Crippen molar-refractivity contribution >= 4 is 19.8 Å². The van der Waals surface area contributed by atoms with Gasteiger partial charge < -0.3 is 28.4 Å². The number of carbonyl (C=O) groups is 2. The summed E-state index contributed by atoms with van der Waals surface area (Å²) >= 11 is 0. The van der Waals surface area contributed by atoms with Crippen LogP contribution in [0.4, 0.5) is 0 Å². The van der Waals surface area contributed by atoms with Gasteiger partial charge in [-0.1, -0.05) is 113 Å². The highest BCUT2D eigenvalue weighted by molar-refractivity contribution is 7.47. The lowest BCUT2D eigenvalue weighted by Gasteiger charge is -2.24. The van der Waals surface area contributed by atoms with Crippen molar-refractivity contribution < 1.29 is 51.6 Å². The molecule has 342 valence electrons. The topological polar surface area (TPSA) is 142 Å². The fraction of sp³-hybridized carbons (Fsp3) is 0.667. The molecule has 1 rings (SSSR count). The van der Waals surface area contributed by atoms with E-state index in [1.54, 1.807) is 6.08 Å². The van der Waals surface area contributed by atoms with E-state index < -0.39 is 32.5 Å². The number of aryl methyl sites for hydroxylation is 2. The van der Waals surface area contributed by atoms with Crippen LogP contribution in [0.2, 0.25) is 0 Å². The van der Waals surface area contributed by atoms with Crippen LogP contribution in [-0.4, -0.2) is 86.1 Å². The molecule has 1 aromatic heterocycles. The van der Waals surface area contributed by atoms with Gasteiger partial charge >= 0.3 is 19.8 Å². The summed E-state index contributed by atoms with van der Waals surface area (Å²) < 4.78 is 40.5. The molecule has 0 saturated heterocycles. The first kappa shape index (κ1) is 55.0. The summed E-state index contributed by atoms with van der Waals surface area (Å²) in [5, 5.41) is 9.49. The molecule has 1 unspecified atom stereocenters. The first-order valence-corrected chi connectivity index (χ1v) is 24.0. The molecule has 3 atom stereocenters. The van der Waals surface area contributed by atoms with Crippen LogP contribution in [0, 0.1) is 13.8 Å². The monoisotopic (exact) mass is 863 g/mol. The van der Waals surface area contributed by atoms with Crippen molar-refractivity contribution in [3.8, 4) is 0 Å². The summed E-state index contributed by atoms with van der Waals surface area (Å²) in [5.74, 6) is 1.35. The minimum absolute atomic E-state index is 0.00329. The molecular weight excluding hydrogens is 781 g/mol. The summed E-state index contributed by atoms with van der Waals surface area (Å²) in [7, 11) is 1.38. The van der Waals surface area contributed by atoms with E-state index in [1.165, 1.54) is 30.4 Å². The number of allylic oxidation sites excluding steroid dienone is 9. The summed E-state index contributed by atoms with van der Waals surface area (Å²) in [4.78, 5) is 35.5. The number of furan rings is 1. The van der Waals surface area contributed by atoms with E-state index in [-0.39, 0.29) is 32.2 Å². The molecule has 1 aromatic rings. The highest BCUT2D eigenvalue weighted by Crippen LogP contribution is 2.43. The minimum atomic E-state index is -4.42. The molecule has 0 aliphatic rings. The molecular formula is C48H81NO10P+. The fourth-order valence-corrected chi connectivity index (χ4v) is 6.68. The van der Waals surface area contributed by atoms with Crippen LogP contribution < -0.4 is 0 Å². The molecule has 0 amide bonds. The van der Waals surface area contributed by atoms with Gasteiger partial charge in [0.25, 0.3) is 0 Å². The summed E-state index contributed by atoms with van der Waals surface area (Å²) in [5.41, 5.74) is 2.60. The smallest absolute Gasteiger partial charge is 0.466 e. The number of quaternary nitrogens is 1. The molecule has 0 spiro atoms. The lowest BCUT2D eigenvalue weighted by Crippen LogP contribution is -2.37. The third-order valence-corrected chi connectivity index (χ3v) is 10.9. The van der Waals surface area contributed by atoms with Crippen molar-refractivity contribution in [1.82, 2.24) is 0 Å². The number of phosphoric acid groups is 1. The van der Waals surface area contributed by atoms with Crippen molar-refractivity contribution in [3.63, 3.8) is 0 Å². The Morgan fingerprint density at radius 2 is 1.28 bits per heavy atom. The van der Waals surface area contributed by atoms with E-state index in [2.05, 4.69) is 45.1 Å². The van der Waals surface area contributed by atoms with Gasteiger partial charge in [-0.05, 0) is 82.8 Å². The lowest BCUT2D eigenvalue weighted by molar-refractivity contribution is -0.870. The number of unbranched alkanes of at least 4 members (excludes halogenated alkanes) is 8. The number of phosphoric ester groups is 1. The zero-order valence-corrected chi connectivity index (χ0v) is 39.1. The third-order valence-electron chi connectivity index (χ3n) is 9.92. The van der Waals surface area contributed by atoms with E-state index in [9.17, 15) is 24.2 Å². The van der Waals surface area contributed by atoms with Crippen molar-refractivity contribution in [3.05, 3.63) is 83.4 Å². The van der Waals surface area contributed by atoms with E-state index in [4.69, 9.17) is 22.9 Å². The maximum Gasteiger partial charge on any atom is 0.472 e. The van der Waals surface area contributed by atoms with Crippen molar-refractivity contribution in [2.24, 2.45) is 0 Å². The van der Waals surface area contributed by atoms with Gasteiger partial charge in [-0.2, -0.15) is 0 Å². The molecule has 60 heavy (non-hydrogen) atoms. The number of rotatable bonds is 36.